The lowest BCUT2D eigenvalue weighted by molar-refractivity contribution is -0.117. The highest BCUT2D eigenvalue weighted by molar-refractivity contribution is 6.01. The van der Waals surface area contributed by atoms with Crippen molar-refractivity contribution in [1.82, 2.24) is 10.2 Å². The molecule has 1 aromatic carbocycles. The van der Waals surface area contributed by atoms with Crippen molar-refractivity contribution in [1.29, 1.82) is 5.26 Å². The number of hydrogen-bond acceptors (Lipinski definition) is 5. The molecule has 1 aliphatic heterocycles. The monoisotopic (exact) mass is 371 g/mol. The number of nitrogens with zero attached hydrogens (tertiary/aromatic N) is 2. The van der Waals surface area contributed by atoms with Gasteiger partial charge in [-0.25, -0.2) is 0 Å². The zero-order chi connectivity index (χ0) is 19.3. The SMILES string of the molecule is CCCCCOc1ccc(/C=C(\C#N)C(=O)NCCN2CCOCC2)cc1. The van der Waals surface area contributed by atoms with Crippen molar-refractivity contribution < 1.29 is 14.3 Å². The Hall–Kier alpha value is -2.36. The van der Waals surface area contributed by atoms with Crippen LogP contribution in [0.3, 0.4) is 0 Å². The molecule has 0 aliphatic carbocycles. The number of carbonyl (C=O) groups is 1. The van der Waals surface area contributed by atoms with Crippen LogP contribution in [0.2, 0.25) is 0 Å². The molecule has 1 N–H and O–H groups in total. The molecule has 1 saturated heterocycles. The third-order valence-electron chi connectivity index (χ3n) is 4.39. The van der Waals surface area contributed by atoms with Gasteiger partial charge in [-0.2, -0.15) is 5.26 Å². The summed E-state index contributed by atoms with van der Waals surface area (Å²) in [4.78, 5) is 14.5. The summed E-state index contributed by atoms with van der Waals surface area (Å²) < 4.78 is 11.0. The molecule has 1 fully saturated rings. The summed E-state index contributed by atoms with van der Waals surface area (Å²) in [5.74, 6) is 0.461. The Morgan fingerprint density at radius 3 is 2.70 bits per heavy atom. The summed E-state index contributed by atoms with van der Waals surface area (Å²) in [7, 11) is 0. The molecule has 146 valence electrons. The maximum atomic E-state index is 12.2. The number of unbranched alkanes of at least 4 members (excludes halogenated alkanes) is 2. The second-order valence-electron chi connectivity index (χ2n) is 6.50. The highest BCUT2D eigenvalue weighted by Crippen LogP contribution is 2.15. The van der Waals surface area contributed by atoms with Crippen LogP contribution in [0, 0.1) is 11.3 Å². The maximum Gasteiger partial charge on any atom is 0.261 e. The number of morpholine rings is 1. The van der Waals surface area contributed by atoms with Crippen LogP contribution >= 0.6 is 0 Å². The lowest BCUT2D eigenvalue weighted by atomic mass is 10.1. The molecule has 0 bridgehead atoms. The van der Waals surface area contributed by atoms with E-state index >= 15 is 0 Å². The van der Waals surface area contributed by atoms with Gasteiger partial charge in [-0.05, 0) is 30.2 Å². The minimum atomic E-state index is -0.342. The van der Waals surface area contributed by atoms with Gasteiger partial charge in [0.15, 0.2) is 0 Å². The van der Waals surface area contributed by atoms with E-state index in [9.17, 15) is 10.1 Å². The average molecular weight is 371 g/mol. The molecule has 0 spiro atoms. The number of benzene rings is 1. The number of rotatable bonds is 10. The second-order valence-corrected chi connectivity index (χ2v) is 6.50. The molecular weight excluding hydrogens is 342 g/mol. The summed E-state index contributed by atoms with van der Waals surface area (Å²) in [5.41, 5.74) is 0.907. The van der Waals surface area contributed by atoms with Crippen molar-refractivity contribution in [2.24, 2.45) is 0 Å². The van der Waals surface area contributed by atoms with E-state index < -0.39 is 0 Å². The summed E-state index contributed by atoms with van der Waals surface area (Å²) in [6.07, 6.45) is 4.97. The second kappa shape index (κ2) is 12.1. The van der Waals surface area contributed by atoms with Crippen molar-refractivity contribution in [3.05, 3.63) is 35.4 Å². The first-order chi connectivity index (χ1) is 13.2. The summed E-state index contributed by atoms with van der Waals surface area (Å²) >= 11 is 0. The van der Waals surface area contributed by atoms with Crippen LogP contribution < -0.4 is 10.1 Å². The van der Waals surface area contributed by atoms with Gasteiger partial charge in [-0.1, -0.05) is 31.9 Å². The topological polar surface area (TPSA) is 74.6 Å². The van der Waals surface area contributed by atoms with E-state index in [-0.39, 0.29) is 11.5 Å². The van der Waals surface area contributed by atoms with E-state index in [4.69, 9.17) is 9.47 Å². The molecule has 1 amide bonds. The lowest BCUT2D eigenvalue weighted by Gasteiger charge is -2.26. The fraction of sp³-hybridized carbons (Fsp3) is 0.524. The molecule has 2 rings (SSSR count). The fourth-order valence-electron chi connectivity index (χ4n) is 2.77. The summed E-state index contributed by atoms with van der Waals surface area (Å²) in [6.45, 7) is 7.36. The summed E-state index contributed by atoms with van der Waals surface area (Å²) in [5, 5.41) is 12.1. The Kier molecular flexibility index (Phi) is 9.39. The number of amides is 1. The van der Waals surface area contributed by atoms with Gasteiger partial charge in [0.1, 0.15) is 17.4 Å². The molecule has 0 unspecified atom stereocenters. The van der Waals surface area contributed by atoms with E-state index in [1.54, 1.807) is 6.08 Å². The number of ether oxygens (including phenoxy) is 2. The first-order valence-corrected chi connectivity index (χ1v) is 9.66. The third-order valence-corrected chi connectivity index (χ3v) is 4.39. The number of nitrogens with one attached hydrogen (secondary N) is 1. The van der Waals surface area contributed by atoms with Gasteiger partial charge in [0.05, 0.1) is 19.8 Å². The van der Waals surface area contributed by atoms with E-state index in [1.807, 2.05) is 30.3 Å². The largest absolute Gasteiger partial charge is 0.494 e. The molecule has 6 nitrogen and oxygen atoms in total. The van der Waals surface area contributed by atoms with Crippen molar-refractivity contribution in [3.63, 3.8) is 0 Å². The molecule has 1 aliphatic rings. The Balaban J connectivity index is 1.81. The Labute approximate surface area is 161 Å². The van der Waals surface area contributed by atoms with Crippen LogP contribution in [0.15, 0.2) is 29.8 Å². The first kappa shape index (κ1) is 20.9. The van der Waals surface area contributed by atoms with Crippen LogP contribution in [0.1, 0.15) is 31.7 Å². The van der Waals surface area contributed by atoms with Crippen LogP contribution in [0.25, 0.3) is 6.08 Å². The lowest BCUT2D eigenvalue weighted by Crippen LogP contribution is -2.41. The Bertz CT molecular complexity index is 644. The predicted molar refractivity (Wildman–Crippen MR) is 105 cm³/mol. The summed E-state index contributed by atoms with van der Waals surface area (Å²) in [6, 6.07) is 9.42. The van der Waals surface area contributed by atoms with Gasteiger partial charge < -0.3 is 14.8 Å². The van der Waals surface area contributed by atoms with Crippen LogP contribution in [0.4, 0.5) is 0 Å². The van der Waals surface area contributed by atoms with Crippen molar-refractivity contribution >= 4 is 12.0 Å². The van der Waals surface area contributed by atoms with E-state index in [0.29, 0.717) is 13.2 Å². The number of carbonyl (C=O) groups excluding carboxylic acids is 1. The molecule has 0 radical (unpaired) electrons. The van der Waals surface area contributed by atoms with Gasteiger partial charge >= 0.3 is 0 Å². The van der Waals surface area contributed by atoms with Crippen molar-refractivity contribution in [2.45, 2.75) is 26.2 Å². The molecule has 1 aromatic rings. The smallest absolute Gasteiger partial charge is 0.261 e. The molecule has 0 saturated carbocycles. The third kappa shape index (κ3) is 7.81. The quantitative estimate of drug-likeness (QED) is 0.389. The van der Waals surface area contributed by atoms with E-state index in [1.165, 1.54) is 6.42 Å². The predicted octanol–water partition coefficient (Wildman–Crippen LogP) is 2.61. The minimum absolute atomic E-state index is 0.105. The zero-order valence-electron chi connectivity index (χ0n) is 16.1. The average Bonchev–Trinajstić information content (AvgIpc) is 2.71. The van der Waals surface area contributed by atoms with Gasteiger partial charge in [0, 0.05) is 26.2 Å². The van der Waals surface area contributed by atoms with Gasteiger partial charge in [0.2, 0.25) is 0 Å². The Morgan fingerprint density at radius 1 is 1.30 bits per heavy atom. The highest BCUT2D eigenvalue weighted by Gasteiger charge is 2.12. The van der Waals surface area contributed by atoms with Gasteiger partial charge in [-0.3, -0.25) is 9.69 Å². The molecule has 6 heteroatoms. The standard InChI is InChI=1S/C21H29N3O3/c1-2-3-4-13-27-20-7-5-18(6-8-20)16-19(17-22)21(25)23-9-10-24-11-14-26-15-12-24/h5-8,16H,2-4,9-15H2,1H3,(H,23,25)/b19-16+. The zero-order valence-corrected chi connectivity index (χ0v) is 16.1. The molecule has 0 atom stereocenters. The van der Waals surface area contributed by atoms with Gasteiger partial charge in [0.25, 0.3) is 5.91 Å². The van der Waals surface area contributed by atoms with E-state index in [0.717, 1.165) is 57.0 Å². The van der Waals surface area contributed by atoms with Crippen LogP contribution in [0.5, 0.6) is 5.75 Å². The maximum absolute atomic E-state index is 12.2. The molecular formula is C21H29N3O3. The van der Waals surface area contributed by atoms with Crippen LogP contribution in [-0.4, -0.2) is 56.8 Å². The minimum Gasteiger partial charge on any atom is -0.494 e. The van der Waals surface area contributed by atoms with Crippen molar-refractivity contribution in [3.8, 4) is 11.8 Å². The number of nitriles is 1. The van der Waals surface area contributed by atoms with Gasteiger partial charge in [-0.15, -0.1) is 0 Å². The molecule has 0 aromatic heterocycles. The van der Waals surface area contributed by atoms with Crippen molar-refractivity contribution in [2.75, 3.05) is 46.0 Å². The highest BCUT2D eigenvalue weighted by atomic mass is 16.5. The molecule has 27 heavy (non-hydrogen) atoms. The normalized spacial score (nSPS) is 15.2. The Morgan fingerprint density at radius 2 is 2.04 bits per heavy atom. The number of hydrogen-bond donors (Lipinski definition) is 1. The van der Waals surface area contributed by atoms with E-state index in [2.05, 4.69) is 17.1 Å². The molecule has 1 heterocycles. The van der Waals surface area contributed by atoms with Crippen LogP contribution in [-0.2, 0) is 9.53 Å². The first-order valence-electron chi connectivity index (χ1n) is 9.66. The fourth-order valence-corrected chi connectivity index (χ4v) is 2.77.